The maximum atomic E-state index is 13.2. The Kier molecular flexibility index (Phi) is 7.43. The lowest BCUT2D eigenvalue weighted by molar-refractivity contribution is -0.115. The van der Waals surface area contributed by atoms with Gasteiger partial charge in [-0.2, -0.15) is 0 Å². The second-order valence-electron chi connectivity index (χ2n) is 8.37. The molecule has 0 unspecified atom stereocenters. The standard InChI is InChI=1S/C29H27N3O2S/c1-19-7-11-22(12-8-19)25(16-24-15-20(2)18-35-24)29(34)31-17-21-9-13-23(14-10-21)28(33)32-27-6-4-3-5-26(27)30/h3-16,18H,17,30H2,1-2H3,(H,31,34)(H,32,33). The quantitative estimate of drug-likeness (QED) is 0.222. The molecule has 4 rings (SSSR count). The number of carbonyl (C=O) groups is 2. The van der Waals surface area contributed by atoms with E-state index >= 15 is 0 Å². The van der Waals surface area contributed by atoms with Gasteiger partial charge in [-0.1, -0.05) is 54.1 Å². The highest BCUT2D eigenvalue weighted by molar-refractivity contribution is 7.11. The van der Waals surface area contributed by atoms with Crippen molar-refractivity contribution in [1.29, 1.82) is 0 Å². The van der Waals surface area contributed by atoms with E-state index < -0.39 is 0 Å². The molecular formula is C29H27N3O2S. The Morgan fingerprint density at radius 2 is 1.57 bits per heavy atom. The van der Waals surface area contributed by atoms with Crippen LogP contribution in [-0.4, -0.2) is 11.8 Å². The first-order valence-corrected chi connectivity index (χ1v) is 12.1. The van der Waals surface area contributed by atoms with Crippen molar-refractivity contribution >= 4 is 46.2 Å². The summed E-state index contributed by atoms with van der Waals surface area (Å²) in [6.07, 6.45) is 1.93. The number of amides is 2. The molecule has 0 atom stereocenters. The number of carbonyl (C=O) groups excluding carboxylic acids is 2. The average Bonchev–Trinajstić information content (AvgIpc) is 3.28. The number of anilines is 2. The summed E-state index contributed by atoms with van der Waals surface area (Å²) in [5, 5.41) is 7.90. The predicted octanol–water partition coefficient (Wildman–Crippen LogP) is 6.06. The monoisotopic (exact) mass is 481 g/mol. The van der Waals surface area contributed by atoms with Crippen LogP contribution in [0.15, 0.2) is 84.2 Å². The van der Waals surface area contributed by atoms with Gasteiger partial charge >= 0.3 is 0 Å². The molecule has 0 saturated heterocycles. The molecule has 1 heterocycles. The van der Waals surface area contributed by atoms with Crippen molar-refractivity contribution in [2.45, 2.75) is 20.4 Å². The van der Waals surface area contributed by atoms with Crippen LogP contribution in [0, 0.1) is 13.8 Å². The Bertz CT molecular complexity index is 1370. The lowest BCUT2D eigenvalue weighted by Gasteiger charge is -2.11. The topological polar surface area (TPSA) is 84.2 Å². The molecule has 35 heavy (non-hydrogen) atoms. The number of thiophene rings is 1. The summed E-state index contributed by atoms with van der Waals surface area (Å²) in [6, 6.07) is 24.3. The summed E-state index contributed by atoms with van der Waals surface area (Å²) in [5.41, 5.74) is 12.2. The minimum Gasteiger partial charge on any atom is -0.397 e. The third-order valence-electron chi connectivity index (χ3n) is 5.52. The molecule has 0 bridgehead atoms. The third-order valence-corrected chi connectivity index (χ3v) is 6.52. The second kappa shape index (κ2) is 10.8. The number of hydrogen-bond acceptors (Lipinski definition) is 4. The van der Waals surface area contributed by atoms with Crippen LogP contribution in [0.2, 0.25) is 0 Å². The van der Waals surface area contributed by atoms with E-state index in [9.17, 15) is 9.59 Å². The van der Waals surface area contributed by atoms with Gasteiger partial charge in [-0.05, 0) is 72.3 Å². The summed E-state index contributed by atoms with van der Waals surface area (Å²) < 4.78 is 0. The van der Waals surface area contributed by atoms with Gasteiger partial charge in [0.25, 0.3) is 11.8 Å². The zero-order valence-electron chi connectivity index (χ0n) is 19.7. The van der Waals surface area contributed by atoms with Crippen LogP contribution in [0.5, 0.6) is 0 Å². The van der Waals surface area contributed by atoms with Crippen LogP contribution in [0.4, 0.5) is 11.4 Å². The van der Waals surface area contributed by atoms with Crippen molar-refractivity contribution in [3.63, 3.8) is 0 Å². The molecule has 0 spiro atoms. The summed E-state index contributed by atoms with van der Waals surface area (Å²) in [6.45, 7) is 4.41. The highest BCUT2D eigenvalue weighted by atomic mass is 32.1. The molecule has 0 aliphatic heterocycles. The average molecular weight is 482 g/mol. The van der Waals surface area contributed by atoms with E-state index in [4.69, 9.17) is 5.73 Å². The molecule has 0 radical (unpaired) electrons. The number of aryl methyl sites for hydroxylation is 2. The fourth-order valence-electron chi connectivity index (χ4n) is 3.54. The first kappa shape index (κ1) is 24.0. The summed E-state index contributed by atoms with van der Waals surface area (Å²) in [5.74, 6) is -0.393. The van der Waals surface area contributed by atoms with Gasteiger partial charge in [0.15, 0.2) is 0 Å². The first-order valence-electron chi connectivity index (χ1n) is 11.3. The van der Waals surface area contributed by atoms with E-state index in [1.165, 1.54) is 5.56 Å². The van der Waals surface area contributed by atoms with Gasteiger partial charge in [-0.25, -0.2) is 0 Å². The van der Waals surface area contributed by atoms with Crippen molar-refractivity contribution in [3.05, 3.63) is 117 Å². The van der Waals surface area contributed by atoms with Gasteiger partial charge in [0, 0.05) is 22.6 Å². The molecule has 0 aliphatic rings. The van der Waals surface area contributed by atoms with Gasteiger partial charge < -0.3 is 16.4 Å². The summed E-state index contributed by atoms with van der Waals surface area (Å²) in [7, 11) is 0. The SMILES string of the molecule is Cc1ccc(C(=Cc2cc(C)cs2)C(=O)NCc2ccc(C(=O)Nc3ccccc3N)cc2)cc1. The lowest BCUT2D eigenvalue weighted by atomic mass is 10.0. The van der Waals surface area contributed by atoms with Crippen molar-refractivity contribution in [1.82, 2.24) is 5.32 Å². The van der Waals surface area contributed by atoms with Gasteiger partial charge in [-0.3, -0.25) is 9.59 Å². The maximum absolute atomic E-state index is 13.2. The van der Waals surface area contributed by atoms with E-state index in [1.54, 1.807) is 35.6 Å². The fraction of sp³-hybridized carbons (Fsp3) is 0.103. The molecule has 0 saturated carbocycles. The van der Waals surface area contributed by atoms with E-state index in [1.807, 2.05) is 68.5 Å². The Morgan fingerprint density at radius 1 is 0.886 bits per heavy atom. The zero-order valence-corrected chi connectivity index (χ0v) is 20.5. The molecule has 0 aliphatic carbocycles. The molecule has 3 aromatic carbocycles. The molecule has 6 heteroatoms. The second-order valence-corrected chi connectivity index (χ2v) is 9.31. The van der Waals surface area contributed by atoms with E-state index in [2.05, 4.69) is 22.1 Å². The summed E-state index contributed by atoms with van der Waals surface area (Å²) >= 11 is 1.61. The van der Waals surface area contributed by atoms with Gasteiger partial charge in [0.1, 0.15) is 0 Å². The Hall–Kier alpha value is -4.16. The summed E-state index contributed by atoms with van der Waals surface area (Å²) in [4.78, 5) is 26.7. The number of nitrogen functional groups attached to an aromatic ring is 1. The van der Waals surface area contributed by atoms with Gasteiger partial charge in [0.2, 0.25) is 0 Å². The van der Waals surface area contributed by atoms with Crippen LogP contribution in [0.1, 0.15) is 37.5 Å². The molecule has 4 aromatic rings. The highest BCUT2D eigenvalue weighted by Gasteiger charge is 2.13. The van der Waals surface area contributed by atoms with E-state index in [-0.39, 0.29) is 11.8 Å². The number of hydrogen-bond donors (Lipinski definition) is 3. The number of benzene rings is 3. The van der Waals surface area contributed by atoms with Crippen molar-refractivity contribution < 1.29 is 9.59 Å². The van der Waals surface area contributed by atoms with Gasteiger partial charge in [0.05, 0.1) is 11.4 Å². The smallest absolute Gasteiger partial charge is 0.255 e. The van der Waals surface area contributed by atoms with Crippen molar-refractivity contribution in [3.8, 4) is 0 Å². The Morgan fingerprint density at radius 3 is 2.23 bits per heavy atom. The normalized spacial score (nSPS) is 11.2. The van der Waals surface area contributed by atoms with Gasteiger partial charge in [-0.15, -0.1) is 11.3 Å². The molecule has 4 N–H and O–H groups in total. The minimum atomic E-state index is -0.241. The van der Waals surface area contributed by atoms with Crippen molar-refractivity contribution in [2.24, 2.45) is 0 Å². The van der Waals surface area contributed by atoms with Crippen LogP contribution < -0.4 is 16.4 Å². The Labute approximate surface area is 209 Å². The van der Waals surface area contributed by atoms with Crippen LogP contribution in [-0.2, 0) is 11.3 Å². The molecule has 2 amide bonds. The van der Waals surface area contributed by atoms with E-state index in [0.717, 1.165) is 21.6 Å². The fourth-order valence-corrected chi connectivity index (χ4v) is 4.37. The number of para-hydroxylation sites is 2. The van der Waals surface area contributed by atoms with E-state index in [0.29, 0.717) is 29.1 Å². The third kappa shape index (κ3) is 6.25. The predicted molar refractivity (Wildman–Crippen MR) is 145 cm³/mol. The number of rotatable bonds is 7. The lowest BCUT2D eigenvalue weighted by Crippen LogP contribution is -2.24. The first-order chi connectivity index (χ1) is 16.9. The largest absolute Gasteiger partial charge is 0.397 e. The molecule has 176 valence electrons. The number of nitrogens with one attached hydrogen (secondary N) is 2. The molecule has 0 fully saturated rings. The maximum Gasteiger partial charge on any atom is 0.255 e. The van der Waals surface area contributed by atoms with Crippen molar-refractivity contribution in [2.75, 3.05) is 11.1 Å². The van der Waals surface area contributed by atoms with Crippen LogP contribution >= 0.6 is 11.3 Å². The number of nitrogens with two attached hydrogens (primary N) is 1. The Balaban J connectivity index is 1.44. The zero-order chi connectivity index (χ0) is 24.8. The van der Waals surface area contributed by atoms with Crippen LogP contribution in [0.3, 0.4) is 0 Å². The van der Waals surface area contributed by atoms with Crippen LogP contribution in [0.25, 0.3) is 11.6 Å². The highest BCUT2D eigenvalue weighted by Crippen LogP contribution is 2.24. The molecule has 5 nitrogen and oxygen atoms in total. The minimum absolute atomic E-state index is 0.152. The molecular weight excluding hydrogens is 454 g/mol. The molecule has 1 aromatic heterocycles.